The molecule has 2 atom stereocenters. The minimum absolute atomic E-state index is 0.110. The molecule has 0 radical (unpaired) electrons. The SMILES string of the molecule is CC1CN(Cc2ccc(CNC(=O)C3CCOCC3)cc2)CC(C)O1. The zero-order chi connectivity index (χ0) is 17.6. The maximum Gasteiger partial charge on any atom is 0.223 e. The molecule has 1 N–H and O–H groups in total. The molecule has 1 amide bonds. The Balaban J connectivity index is 1.46. The third-order valence-electron chi connectivity index (χ3n) is 4.98. The van der Waals surface area contributed by atoms with Gasteiger partial charge in [-0.15, -0.1) is 0 Å². The molecule has 2 aliphatic rings. The molecule has 3 rings (SSSR count). The number of benzene rings is 1. The van der Waals surface area contributed by atoms with Crippen LogP contribution in [-0.2, 0) is 27.4 Å². The molecule has 2 aliphatic heterocycles. The van der Waals surface area contributed by atoms with Gasteiger partial charge in [0.2, 0.25) is 5.91 Å². The fraction of sp³-hybridized carbons (Fsp3) is 0.650. The summed E-state index contributed by atoms with van der Waals surface area (Å²) >= 11 is 0. The van der Waals surface area contributed by atoms with Crippen LogP contribution in [0, 0.1) is 5.92 Å². The van der Waals surface area contributed by atoms with Crippen molar-refractivity contribution < 1.29 is 14.3 Å². The summed E-state index contributed by atoms with van der Waals surface area (Å²) in [4.78, 5) is 14.6. The maximum atomic E-state index is 12.2. The second-order valence-electron chi connectivity index (χ2n) is 7.37. The van der Waals surface area contributed by atoms with E-state index < -0.39 is 0 Å². The molecule has 5 heteroatoms. The maximum absolute atomic E-state index is 12.2. The number of nitrogens with zero attached hydrogens (tertiary/aromatic N) is 1. The number of rotatable bonds is 5. The average molecular weight is 346 g/mol. The van der Waals surface area contributed by atoms with Crippen molar-refractivity contribution in [2.24, 2.45) is 5.92 Å². The highest BCUT2D eigenvalue weighted by molar-refractivity contribution is 5.78. The largest absolute Gasteiger partial charge is 0.381 e. The van der Waals surface area contributed by atoms with Crippen LogP contribution in [0.5, 0.6) is 0 Å². The van der Waals surface area contributed by atoms with Crippen LogP contribution < -0.4 is 5.32 Å². The molecule has 0 saturated carbocycles. The van der Waals surface area contributed by atoms with Gasteiger partial charge in [0.15, 0.2) is 0 Å². The number of carbonyl (C=O) groups is 1. The smallest absolute Gasteiger partial charge is 0.223 e. The van der Waals surface area contributed by atoms with Gasteiger partial charge in [-0.2, -0.15) is 0 Å². The van der Waals surface area contributed by atoms with Crippen LogP contribution >= 0.6 is 0 Å². The monoisotopic (exact) mass is 346 g/mol. The Morgan fingerprint density at radius 3 is 2.32 bits per heavy atom. The predicted molar refractivity (Wildman–Crippen MR) is 97.1 cm³/mol. The quantitative estimate of drug-likeness (QED) is 0.889. The van der Waals surface area contributed by atoms with Gasteiger partial charge in [-0.05, 0) is 37.8 Å². The fourth-order valence-electron chi connectivity index (χ4n) is 3.73. The second-order valence-corrected chi connectivity index (χ2v) is 7.37. The van der Waals surface area contributed by atoms with Gasteiger partial charge >= 0.3 is 0 Å². The molecule has 0 aliphatic carbocycles. The fourth-order valence-corrected chi connectivity index (χ4v) is 3.73. The van der Waals surface area contributed by atoms with Gasteiger partial charge in [0.25, 0.3) is 0 Å². The average Bonchev–Trinajstić information content (AvgIpc) is 2.61. The first-order valence-corrected chi connectivity index (χ1v) is 9.41. The van der Waals surface area contributed by atoms with Gasteiger partial charge in [-0.1, -0.05) is 24.3 Å². The standard InChI is InChI=1S/C20H30N2O3/c1-15-12-22(13-16(2)25-15)14-18-5-3-17(4-6-18)11-21-20(23)19-7-9-24-10-8-19/h3-6,15-16,19H,7-14H2,1-2H3,(H,21,23). The summed E-state index contributed by atoms with van der Waals surface area (Å²) in [5, 5.41) is 3.06. The summed E-state index contributed by atoms with van der Waals surface area (Å²) in [7, 11) is 0. The van der Waals surface area contributed by atoms with Gasteiger partial charge in [0, 0.05) is 45.3 Å². The van der Waals surface area contributed by atoms with Crippen molar-refractivity contribution >= 4 is 5.91 Å². The van der Waals surface area contributed by atoms with Crippen molar-refractivity contribution in [1.82, 2.24) is 10.2 Å². The molecule has 5 nitrogen and oxygen atoms in total. The lowest BCUT2D eigenvalue weighted by Crippen LogP contribution is -2.44. The number of morpholine rings is 1. The lowest BCUT2D eigenvalue weighted by Gasteiger charge is -2.35. The molecule has 0 aromatic heterocycles. The van der Waals surface area contributed by atoms with E-state index in [4.69, 9.17) is 9.47 Å². The van der Waals surface area contributed by atoms with Crippen molar-refractivity contribution in [2.75, 3.05) is 26.3 Å². The first-order valence-electron chi connectivity index (χ1n) is 9.41. The molecular formula is C20H30N2O3. The Morgan fingerprint density at radius 1 is 1.08 bits per heavy atom. The summed E-state index contributed by atoms with van der Waals surface area (Å²) in [6, 6.07) is 8.57. The minimum Gasteiger partial charge on any atom is -0.381 e. The number of amides is 1. The Bertz CT molecular complexity index is 545. The predicted octanol–water partition coefficient (Wildman–Crippen LogP) is 2.34. The van der Waals surface area contributed by atoms with Crippen LogP contribution in [0.25, 0.3) is 0 Å². The third kappa shape index (κ3) is 5.53. The van der Waals surface area contributed by atoms with E-state index in [-0.39, 0.29) is 11.8 Å². The Hall–Kier alpha value is -1.43. The number of hydrogen-bond donors (Lipinski definition) is 1. The number of carbonyl (C=O) groups excluding carboxylic acids is 1. The molecule has 2 fully saturated rings. The number of nitrogens with one attached hydrogen (secondary N) is 1. The first kappa shape index (κ1) is 18.4. The molecule has 25 heavy (non-hydrogen) atoms. The van der Waals surface area contributed by atoms with E-state index in [9.17, 15) is 4.79 Å². The van der Waals surface area contributed by atoms with Gasteiger partial charge in [0.05, 0.1) is 12.2 Å². The molecule has 2 saturated heterocycles. The van der Waals surface area contributed by atoms with Crippen LogP contribution in [-0.4, -0.2) is 49.3 Å². The number of hydrogen-bond acceptors (Lipinski definition) is 4. The Labute approximate surface area is 150 Å². The molecule has 0 bridgehead atoms. The summed E-state index contributed by atoms with van der Waals surface area (Å²) in [5.41, 5.74) is 2.45. The van der Waals surface area contributed by atoms with E-state index in [1.807, 2.05) is 0 Å². The highest BCUT2D eigenvalue weighted by Gasteiger charge is 2.22. The highest BCUT2D eigenvalue weighted by atomic mass is 16.5. The molecule has 1 aromatic carbocycles. The van der Waals surface area contributed by atoms with Crippen LogP contribution in [0.2, 0.25) is 0 Å². The van der Waals surface area contributed by atoms with Crippen molar-refractivity contribution in [3.05, 3.63) is 35.4 Å². The normalized spacial score (nSPS) is 25.7. The van der Waals surface area contributed by atoms with E-state index in [2.05, 4.69) is 48.3 Å². The first-order chi connectivity index (χ1) is 12.1. The Morgan fingerprint density at radius 2 is 1.68 bits per heavy atom. The number of ether oxygens (including phenoxy) is 2. The summed E-state index contributed by atoms with van der Waals surface area (Å²) < 4.78 is 11.1. The van der Waals surface area contributed by atoms with Crippen LogP contribution in [0.4, 0.5) is 0 Å². The van der Waals surface area contributed by atoms with Crippen molar-refractivity contribution in [3.8, 4) is 0 Å². The molecule has 1 aromatic rings. The van der Waals surface area contributed by atoms with E-state index in [0.29, 0.717) is 32.0 Å². The molecule has 2 unspecified atom stereocenters. The molecule has 0 spiro atoms. The van der Waals surface area contributed by atoms with E-state index >= 15 is 0 Å². The molecule has 138 valence electrons. The summed E-state index contributed by atoms with van der Waals surface area (Å²) in [6.45, 7) is 9.17. The lowest BCUT2D eigenvalue weighted by molar-refractivity contribution is -0.128. The van der Waals surface area contributed by atoms with Crippen LogP contribution in [0.15, 0.2) is 24.3 Å². The zero-order valence-corrected chi connectivity index (χ0v) is 15.4. The topological polar surface area (TPSA) is 50.8 Å². The summed E-state index contributed by atoms with van der Waals surface area (Å²) in [5.74, 6) is 0.266. The van der Waals surface area contributed by atoms with Gasteiger partial charge < -0.3 is 14.8 Å². The Kier molecular flexibility index (Phi) is 6.45. The van der Waals surface area contributed by atoms with E-state index in [1.54, 1.807) is 0 Å². The second kappa shape index (κ2) is 8.79. The van der Waals surface area contributed by atoms with E-state index in [0.717, 1.165) is 38.0 Å². The van der Waals surface area contributed by atoms with Gasteiger partial charge in [-0.3, -0.25) is 9.69 Å². The lowest BCUT2D eigenvalue weighted by atomic mass is 9.99. The zero-order valence-electron chi connectivity index (χ0n) is 15.4. The molecular weight excluding hydrogens is 316 g/mol. The van der Waals surface area contributed by atoms with Crippen molar-refractivity contribution in [3.63, 3.8) is 0 Å². The van der Waals surface area contributed by atoms with Gasteiger partial charge in [-0.25, -0.2) is 0 Å². The van der Waals surface area contributed by atoms with Crippen LogP contribution in [0.1, 0.15) is 37.8 Å². The van der Waals surface area contributed by atoms with Gasteiger partial charge in [0.1, 0.15) is 0 Å². The van der Waals surface area contributed by atoms with Crippen molar-refractivity contribution in [1.29, 1.82) is 0 Å². The minimum atomic E-state index is 0.110. The van der Waals surface area contributed by atoms with Crippen molar-refractivity contribution in [2.45, 2.75) is 52.0 Å². The highest BCUT2D eigenvalue weighted by Crippen LogP contribution is 2.16. The molecule has 2 heterocycles. The van der Waals surface area contributed by atoms with Crippen LogP contribution in [0.3, 0.4) is 0 Å². The summed E-state index contributed by atoms with van der Waals surface area (Å²) in [6.07, 6.45) is 2.26. The van der Waals surface area contributed by atoms with E-state index in [1.165, 1.54) is 5.56 Å². The third-order valence-corrected chi connectivity index (χ3v) is 4.98.